The van der Waals surface area contributed by atoms with Gasteiger partial charge in [0.05, 0.1) is 25.2 Å². The van der Waals surface area contributed by atoms with Crippen molar-refractivity contribution in [2.45, 2.75) is 38.3 Å². The second-order valence-corrected chi connectivity index (χ2v) is 8.83. The Kier molecular flexibility index (Phi) is 8.70. The maximum atomic E-state index is 12.6. The van der Waals surface area contributed by atoms with Gasteiger partial charge in [-0.15, -0.1) is 0 Å². The molecule has 2 N–H and O–H groups in total. The summed E-state index contributed by atoms with van der Waals surface area (Å²) in [6, 6.07) is 11.3. The molecule has 0 aromatic heterocycles. The monoisotopic (exact) mass is 449 g/mol. The number of nitrogens with zero attached hydrogens (tertiary/aromatic N) is 1. The largest absolute Gasteiger partial charge is 0.497 e. The molecule has 0 heterocycles. The van der Waals surface area contributed by atoms with E-state index in [4.69, 9.17) is 9.47 Å². The van der Waals surface area contributed by atoms with Crippen LogP contribution in [0, 0.1) is 0 Å². The summed E-state index contributed by atoms with van der Waals surface area (Å²) in [7, 11) is -0.347. The molecule has 0 aliphatic rings. The molecule has 9 heteroatoms. The number of methoxy groups -OCH3 is 2. The molecule has 0 saturated heterocycles. The molecule has 0 aliphatic carbocycles. The molecule has 0 bridgehead atoms. The molecule has 2 rings (SSSR count). The molecular formula is C22H31N3O5S. The number of benzene rings is 2. The van der Waals surface area contributed by atoms with Crippen molar-refractivity contribution >= 4 is 16.1 Å². The van der Waals surface area contributed by atoms with E-state index in [1.807, 2.05) is 13.0 Å². The van der Waals surface area contributed by atoms with Crippen molar-refractivity contribution in [1.29, 1.82) is 0 Å². The molecule has 1 unspecified atom stereocenters. The third-order valence-electron chi connectivity index (χ3n) is 4.97. The second-order valence-electron chi connectivity index (χ2n) is 6.89. The molecule has 0 spiro atoms. The van der Waals surface area contributed by atoms with Gasteiger partial charge in [-0.3, -0.25) is 0 Å². The fraction of sp³-hybridized carbons (Fsp3) is 0.409. The molecule has 1 atom stereocenters. The highest BCUT2D eigenvalue weighted by atomic mass is 32.2. The van der Waals surface area contributed by atoms with Gasteiger partial charge in [0.25, 0.3) is 0 Å². The van der Waals surface area contributed by atoms with E-state index in [-0.39, 0.29) is 23.5 Å². The first-order chi connectivity index (χ1) is 14.8. The molecule has 8 nitrogen and oxygen atoms in total. The van der Waals surface area contributed by atoms with Crippen LogP contribution in [0.3, 0.4) is 0 Å². The maximum absolute atomic E-state index is 12.6. The highest BCUT2D eigenvalue weighted by Gasteiger charge is 2.21. The van der Waals surface area contributed by atoms with Crippen LogP contribution in [-0.2, 0) is 16.6 Å². The SMILES string of the molecule is CCN(CC)S(=O)(=O)c1ccc(CNC(=O)NC(C)c2cc(OC)ccc2OC)cc1. The standard InChI is InChI=1S/C22H31N3O5S/c1-6-25(7-2)31(27,28)19-11-8-17(9-12-19)15-23-22(26)24-16(3)20-14-18(29-4)10-13-21(20)30-5/h8-14,16H,6-7,15H2,1-5H3,(H2,23,24,26). The van der Waals surface area contributed by atoms with E-state index < -0.39 is 10.0 Å². The Labute approximate surface area is 184 Å². The van der Waals surface area contributed by atoms with Gasteiger partial charge in [0, 0.05) is 25.2 Å². The topological polar surface area (TPSA) is 97.0 Å². The number of carbonyl (C=O) groups is 1. The number of urea groups is 1. The Morgan fingerprint density at radius 2 is 1.68 bits per heavy atom. The molecule has 0 fully saturated rings. The molecule has 2 aromatic carbocycles. The van der Waals surface area contributed by atoms with E-state index in [2.05, 4.69) is 10.6 Å². The number of hydrogen-bond donors (Lipinski definition) is 2. The molecular weight excluding hydrogens is 418 g/mol. The summed E-state index contributed by atoms with van der Waals surface area (Å²) in [6.45, 7) is 6.56. The Bertz CT molecular complexity index is 973. The van der Waals surface area contributed by atoms with Gasteiger partial charge in [0.1, 0.15) is 11.5 Å². The van der Waals surface area contributed by atoms with Crippen molar-refractivity contribution in [3.63, 3.8) is 0 Å². The van der Waals surface area contributed by atoms with E-state index in [9.17, 15) is 13.2 Å². The van der Waals surface area contributed by atoms with Gasteiger partial charge in [-0.1, -0.05) is 26.0 Å². The summed E-state index contributed by atoms with van der Waals surface area (Å²) in [4.78, 5) is 12.6. The van der Waals surface area contributed by atoms with E-state index in [0.717, 1.165) is 11.1 Å². The van der Waals surface area contributed by atoms with Gasteiger partial charge in [-0.2, -0.15) is 4.31 Å². The van der Waals surface area contributed by atoms with Crippen LogP contribution in [-0.4, -0.2) is 46.1 Å². The minimum absolute atomic E-state index is 0.239. The van der Waals surface area contributed by atoms with E-state index in [0.29, 0.717) is 24.6 Å². The van der Waals surface area contributed by atoms with Crippen molar-refractivity contribution < 1.29 is 22.7 Å². The average molecular weight is 450 g/mol. The Morgan fingerprint density at radius 3 is 2.23 bits per heavy atom. The fourth-order valence-electron chi connectivity index (χ4n) is 3.18. The van der Waals surface area contributed by atoms with Gasteiger partial charge in [0.15, 0.2) is 0 Å². The third kappa shape index (κ3) is 6.11. The highest BCUT2D eigenvalue weighted by molar-refractivity contribution is 7.89. The lowest BCUT2D eigenvalue weighted by atomic mass is 10.1. The Hall–Kier alpha value is -2.78. The third-order valence-corrected chi connectivity index (χ3v) is 7.03. The van der Waals surface area contributed by atoms with Crippen LogP contribution in [0.2, 0.25) is 0 Å². The van der Waals surface area contributed by atoms with Crippen LogP contribution in [0.25, 0.3) is 0 Å². The fourth-order valence-corrected chi connectivity index (χ4v) is 4.64. The van der Waals surface area contributed by atoms with Crippen molar-refractivity contribution in [1.82, 2.24) is 14.9 Å². The first-order valence-corrected chi connectivity index (χ1v) is 11.6. The summed E-state index contributed by atoms with van der Waals surface area (Å²) in [5, 5.41) is 5.66. The van der Waals surface area contributed by atoms with Gasteiger partial charge < -0.3 is 20.1 Å². The summed E-state index contributed by atoms with van der Waals surface area (Å²) in [6.07, 6.45) is 0. The summed E-state index contributed by atoms with van der Waals surface area (Å²) in [5.74, 6) is 1.32. The van der Waals surface area contributed by atoms with E-state index in [1.54, 1.807) is 64.5 Å². The van der Waals surface area contributed by atoms with Gasteiger partial charge >= 0.3 is 6.03 Å². The van der Waals surface area contributed by atoms with Crippen LogP contribution in [0.4, 0.5) is 4.79 Å². The van der Waals surface area contributed by atoms with Gasteiger partial charge in [-0.05, 0) is 42.8 Å². The minimum atomic E-state index is -3.50. The number of ether oxygens (including phenoxy) is 2. The number of sulfonamides is 1. The molecule has 0 saturated carbocycles. The van der Waals surface area contributed by atoms with Crippen molar-refractivity contribution in [2.24, 2.45) is 0 Å². The van der Waals surface area contributed by atoms with Crippen molar-refractivity contribution in [2.75, 3.05) is 27.3 Å². The van der Waals surface area contributed by atoms with Crippen molar-refractivity contribution in [3.8, 4) is 11.5 Å². The quantitative estimate of drug-likeness (QED) is 0.580. The summed E-state index contributed by atoms with van der Waals surface area (Å²) < 4.78 is 37.1. The Morgan fingerprint density at radius 1 is 1.03 bits per heavy atom. The lowest BCUT2D eigenvalue weighted by Crippen LogP contribution is -2.36. The molecule has 2 aromatic rings. The highest BCUT2D eigenvalue weighted by Crippen LogP contribution is 2.29. The molecule has 0 aliphatic heterocycles. The smallest absolute Gasteiger partial charge is 0.315 e. The normalized spacial score (nSPS) is 12.3. The first kappa shape index (κ1) is 24.5. The van der Waals surface area contributed by atoms with Crippen LogP contribution in [0.1, 0.15) is 37.9 Å². The lowest BCUT2D eigenvalue weighted by molar-refractivity contribution is 0.237. The zero-order valence-corrected chi connectivity index (χ0v) is 19.5. The number of hydrogen-bond acceptors (Lipinski definition) is 5. The molecule has 31 heavy (non-hydrogen) atoms. The van der Waals surface area contributed by atoms with Crippen molar-refractivity contribution in [3.05, 3.63) is 53.6 Å². The van der Waals surface area contributed by atoms with Gasteiger partial charge in [0.2, 0.25) is 10.0 Å². The average Bonchev–Trinajstić information content (AvgIpc) is 2.78. The Balaban J connectivity index is 1.99. The zero-order valence-electron chi connectivity index (χ0n) is 18.6. The number of amides is 2. The zero-order chi connectivity index (χ0) is 23.0. The maximum Gasteiger partial charge on any atom is 0.315 e. The van der Waals surface area contributed by atoms with Gasteiger partial charge in [-0.25, -0.2) is 13.2 Å². The van der Waals surface area contributed by atoms with E-state index in [1.165, 1.54) is 4.31 Å². The number of nitrogens with one attached hydrogen (secondary N) is 2. The lowest BCUT2D eigenvalue weighted by Gasteiger charge is -2.19. The van der Waals surface area contributed by atoms with Crippen LogP contribution in [0.5, 0.6) is 11.5 Å². The first-order valence-electron chi connectivity index (χ1n) is 10.1. The van der Waals surface area contributed by atoms with Crippen LogP contribution < -0.4 is 20.1 Å². The predicted molar refractivity (Wildman–Crippen MR) is 120 cm³/mol. The predicted octanol–water partition coefficient (Wildman–Crippen LogP) is 3.29. The second kappa shape index (κ2) is 11.0. The molecule has 170 valence electrons. The van der Waals surface area contributed by atoms with Crippen LogP contribution in [0.15, 0.2) is 47.4 Å². The number of rotatable bonds is 10. The summed E-state index contributed by atoms with van der Waals surface area (Å²) in [5.41, 5.74) is 1.59. The van der Waals surface area contributed by atoms with E-state index >= 15 is 0 Å². The minimum Gasteiger partial charge on any atom is -0.497 e. The summed E-state index contributed by atoms with van der Waals surface area (Å²) >= 11 is 0. The molecule has 2 amide bonds. The number of carbonyl (C=O) groups excluding carboxylic acids is 1. The van der Waals surface area contributed by atoms with Crippen LogP contribution >= 0.6 is 0 Å². The molecule has 0 radical (unpaired) electrons.